The first-order valence-corrected chi connectivity index (χ1v) is 5.93. The van der Waals surface area contributed by atoms with Gasteiger partial charge in [0.1, 0.15) is 0 Å². The van der Waals surface area contributed by atoms with Crippen molar-refractivity contribution in [2.45, 2.75) is 18.6 Å². The Balaban J connectivity index is 2.41. The quantitative estimate of drug-likeness (QED) is 0.817. The van der Waals surface area contributed by atoms with Crippen molar-refractivity contribution in [3.05, 3.63) is 48.0 Å². The molecule has 0 saturated carbocycles. The van der Waals surface area contributed by atoms with Crippen molar-refractivity contribution in [2.24, 2.45) is 0 Å². The molecule has 0 saturated heterocycles. The lowest BCUT2D eigenvalue weighted by molar-refractivity contribution is -0.181. The number of carbonyl (C=O) groups excluding carboxylic acids is 2. The summed E-state index contributed by atoms with van der Waals surface area (Å²) in [5.41, 5.74) is -1.71. The van der Waals surface area contributed by atoms with Gasteiger partial charge in [-0.05, 0) is 18.6 Å². The Morgan fingerprint density at radius 3 is 2.63 bits per heavy atom. The van der Waals surface area contributed by atoms with E-state index in [9.17, 15) is 14.7 Å². The number of ether oxygens (including phenoxy) is 2. The summed E-state index contributed by atoms with van der Waals surface area (Å²) < 4.78 is 9.84. The van der Waals surface area contributed by atoms with Crippen LogP contribution in [0.2, 0.25) is 0 Å². The van der Waals surface area contributed by atoms with Crippen LogP contribution in [0.5, 0.6) is 0 Å². The van der Waals surface area contributed by atoms with E-state index in [0.29, 0.717) is 5.56 Å². The van der Waals surface area contributed by atoms with Crippen LogP contribution >= 0.6 is 0 Å². The predicted molar refractivity (Wildman–Crippen MR) is 66.0 cm³/mol. The molecule has 1 aliphatic rings. The molecular formula is C14H14O5. The molecule has 0 aromatic heterocycles. The average molecular weight is 262 g/mol. The molecular weight excluding hydrogens is 248 g/mol. The van der Waals surface area contributed by atoms with E-state index in [1.807, 2.05) is 0 Å². The predicted octanol–water partition coefficient (Wildman–Crippen LogP) is 0.919. The van der Waals surface area contributed by atoms with Crippen molar-refractivity contribution in [3.63, 3.8) is 0 Å². The molecule has 2 rings (SSSR count). The highest BCUT2D eigenvalue weighted by molar-refractivity contribution is 5.88. The second-order valence-electron chi connectivity index (χ2n) is 4.07. The highest BCUT2D eigenvalue weighted by atomic mass is 16.6. The first kappa shape index (κ1) is 13.3. The zero-order valence-electron chi connectivity index (χ0n) is 10.4. The SMILES string of the molecule is CCOC(=O)C(O)(c1ccccc1)C1C=CC(=O)O1. The fourth-order valence-electron chi connectivity index (χ4n) is 1.93. The fourth-order valence-corrected chi connectivity index (χ4v) is 1.93. The first-order chi connectivity index (χ1) is 9.09. The molecule has 0 amide bonds. The minimum absolute atomic E-state index is 0.123. The van der Waals surface area contributed by atoms with Gasteiger partial charge in [-0.25, -0.2) is 9.59 Å². The maximum atomic E-state index is 12.1. The van der Waals surface area contributed by atoms with E-state index in [4.69, 9.17) is 9.47 Å². The van der Waals surface area contributed by atoms with Crippen LogP contribution in [0.15, 0.2) is 42.5 Å². The van der Waals surface area contributed by atoms with E-state index in [1.54, 1.807) is 37.3 Å². The molecule has 0 bridgehead atoms. The third-order valence-corrected chi connectivity index (χ3v) is 2.86. The lowest BCUT2D eigenvalue weighted by atomic mass is 9.88. The summed E-state index contributed by atoms with van der Waals surface area (Å²) in [4.78, 5) is 23.2. The Kier molecular flexibility index (Phi) is 3.66. The highest BCUT2D eigenvalue weighted by Gasteiger charge is 2.49. The Labute approximate surface area is 110 Å². The van der Waals surface area contributed by atoms with Crippen molar-refractivity contribution < 1.29 is 24.2 Å². The standard InChI is InChI=1S/C14H14O5/c1-2-18-13(16)14(17,10-6-4-3-5-7-10)11-8-9-12(15)19-11/h3-9,11,17H,2H2,1H3. The Bertz CT molecular complexity index is 508. The van der Waals surface area contributed by atoms with Gasteiger partial charge in [0.15, 0.2) is 6.10 Å². The van der Waals surface area contributed by atoms with Gasteiger partial charge in [-0.15, -0.1) is 0 Å². The van der Waals surface area contributed by atoms with Crippen LogP contribution in [0.3, 0.4) is 0 Å². The number of hydrogen-bond acceptors (Lipinski definition) is 5. The number of esters is 2. The third kappa shape index (κ3) is 2.37. The van der Waals surface area contributed by atoms with Gasteiger partial charge in [0.25, 0.3) is 0 Å². The molecule has 19 heavy (non-hydrogen) atoms. The van der Waals surface area contributed by atoms with Crippen molar-refractivity contribution in [1.29, 1.82) is 0 Å². The van der Waals surface area contributed by atoms with Gasteiger partial charge in [0.2, 0.25) is 5.60 Å². The Hall–Kier alpha value is -2.14. The van der Waals surface area contributed by atoms with Gasteiger partial charge in [-0.1, -0.05) is 30.3 Å². The molecule has 2 atom stereocenters. The van der Waals surface area contributed by atoms with Gasteiger partial charge in [-0.2, -0.15) is 0 Å². The lowest BCUT2D eigenvalue weighted by Crippen LogP contribution is -2.47. The molecule has 0 fully saturated rings. The van der Waals surface area contributed by atoms with E-state index >= 15 is 0 Å². The normalized spacial score (nSPS) is 20.7. The lowest BCUT2D eigenvalue weighted by Gasteiger charge is -2.30. The largest absolute Gasteiger partial charge is 0.463 e. The monoisotopic (exact) mass is 262 g/mol. The van der Waals surface area contributed by atoms with Gasteiger partial charge in [-0.3, -0.25) is 0 Å². The maximum Gasteiger partial charge on any atom is 0.347 e. The molecule has 0 spiro atoms. The number of rotatable bonds is 4. The van der Waals surface area contributed by atoms with Crippen molar-refractivity contribution >= 4 is 11.9 Å². The minimum Gasteiger partial charge on any atom is -0.463 e. The molecule has 1 aliphatic heterocycles. The van der Waals surface area contributed by atoms with Crippen LogP contribution in [-0.2, 0) is 24.7 Å². The topological polar surface area (TPSA) is 72.8 Å². The summed E-state index contributed by atoms with van der Waals surface area (Å²) in [5.74, 6) is -1.44. The summed E-state index contributed by atoms with van der Waals surface area (Å²) in [6.07, 6.45) is 1.45. The van der Waals surface area contributed by atoms with Gasteiger partial charge in [0, 0.05) is 6.08 Å². The minimum atomic E-state index is -2.03. The highest BCUT2D eigenvalue weighted by Crippen LogP contribution is 2.31. The second kappa shape index (κ2) is 5.24. The van der Waals surface area contributed by atoms with Crippen molar-refractivity contribution in [2.75, 3.05) is 6.61 Å². The Morgan fingerprint density at radius 1 is 1.42 bits per heavy atom. The van der Waals surface area contributed by atoms with E-state index in [0.717, 1.165) is 0 Å². The number of cyclic esters (lactones) is 1. The van der Waals surface area contributed by atoms with Crippen molar-refractivity contribution in [1.82, 2.24) is 0 Å². The van der Waals surface area contributed by atoms with E-state index in [1.165, 1.54) is 12.2 Å². The van der Waals surface area contributed by atoms with Crippen LogP contribution in [0, 0.1) is 0 Å². The van der Waals surface area contributed by atoms with Crippen molar-refractivity contribution in [3.8, 4) is 0 Å². The molecule has 1 heterocycles. The van der Waals surface area contributed by atoms with Gasteiger partial charge >= 0.3 is 11.9 Å². The van der Waals surface area contributed by atoms with Crippen LogP contribution in [0.1, 0.15) is 12.5 Å². The summed E-state index contributed by atoms with van der Waals surface area (Å²) in [6.45, 7) is 1.76. The number of benzene rings is 1. The maximum absolute atomic E-state index is 12.1. The smallest absolute Gasteiger partial charge is 0.347 e. The van der Waals surface area contributed by atoms with Crippen LogP contribution in [-0.4, -0.2) is 29.8 Å². The zero-order valence-corrected chi connectivity index (χ0v) is 10.4. The van der Waals surface area contributed by atoms with E-state index in [2.05, 4.69) is 0 Å². The summed E-state index contributed by atoms with van der Waals surface area (Å²) in [6, 6.07) is 8.28. The fraction of sp³-hybridized carbons (Fsp3) is 0.286. The summed E-state index contributed by atoms with van der Waals surface area (Å²) >= 11 is 0. The number of aliphatic hydroxyl groups is 1. The molecule has 0 aliphatic carbocycles. The molecule has 100 valence electrons. The summed E-state index contributed by atoms with van der Waals surface area (Å²) in [5, 5.41) is 10.7. The molecule has 0 radical (unpaired) electrons. The second-order valence-corrected chi connectivity index (χ2v) is 4.07. The molecule has 1 aromatic rings. The molecule has 5 nitrogen and oxygen atoms in total. The number of hydrogen-bond donors (Lipinski definition) is 1. The van der Waals surface area contributed by atoms with Crippen LogP contribution in [0.4, 0.5) is 0 Å². The molecule has 1 N–H and O–H groups in total. The van der Waals surface area contributed by atoms with Crippen LogP contribution in [0.25, 0.3) is 0 Å². The van der Waals surface area contributed by atoms with Crippen LogP contribution < -0.4 is 0 Å². The Morgan fingerprint density at radius 2 is 2.11 bits per heavy atom. The summed E-state index contributed by atoms with van der Waals surface area (Å²) in [7, 11) is 0. The molecule has 2 unspecified atom stereocenters. The molecule has 5 heteroatoms. The van der Waals surface area contributed by atoms with Gasteiger partial charge in [0.05, 0.1) is 6.61 Å². The average Bonchev–Trinajstić information content (AvgIpc) is 2.86. The van der Waals surface area contributed by atoms with Gasteiger partial charge < -0.3 is 14.6 Å². The first-order valence-electron chi connectivity index (χ1n) is 5.93. The van der Waals surface area contributed by atoms with E-state index < -0.39 is 23.6 Å². The molecule has 1 aromatic carbocycles. The number of carbonyl (C=O) groups is 2. The zero-order chi connectivity index (χ0) is 13.9. The van der Waals surface area contributed by atoms with E-state index in [-0.39, 0.29) is 6.61 Å². The third-order valence-electron chi connectivity index (χ3n) is 2.86.